The molecule has 2 N–H and O–H groups in total. The van der Waals surface area contributed by atoms with Crippen LogP contribution in [0.2, 0.25) is 0 Å². The van der Waals surface area contributed by atoms with Crippen LogP contribution >= 0.6 is 0 Å². The molecule has 3 rings (SSSR count). The summed E-state index contributed by atoms with van der Waals surface area (Å²) in [5.41, 5.74) is 0.831. The number of aromatic hydroxyl groups is 1. The fourth-order valence-corrected chi connectivity index (χ4v) is 3.06. The minimum atomic E-state index is -0.923. The normalized spacial score (nSPS) is 16.6. The maximum absolute atomic E-state index is 12.8. The van der Waals surface area contributed by atoms with Crippen molar-refractivity contribution in [3.8, 4) is 11.5 Å². The van der Waals surface area contributed by atoms with Crippen molar-refractivity contribution in [2.24, 2.45) is 0 Å². The van der Waals surface area contributed by atoms with E-state index < -0.39 is 23.7 Å². The topological polar surface area (TPSA) is 96.3 Å². The molecule has 1 heterocycles. The monoisotopic (exact) mass is 369 g/mol. The van der Waals surface area contributed by atoms with E-state index in [4.69, 9.17) is 9.47 Å². The van der Waals surface area contributed by atoms with Gasteiger partial charge in [0.25, 0.3) is 5.91 Å². The lowest BCUT2D eigenvalue weighted by molar-refractivity contribution is -0.139. The number of anilines is 1. The average molecular weight is 369 g/mol. The van der Waals surface area contributed by atoms with Gasteiger partial charge in [0.1, 0.15) is 5.57 Å². The summed E-state index contributed by atoms with van der Waals surface area (Å²) >= 11 is 0. The zero-order valence-electron chi connectivity index (χ0n) is 14.9. The number of methoxy groups -OCH3 is 1. The number of esters is 1. The lowest BCUT2D eigenvalue weighted by Crippen LogP contribution is -2.31. The van der Waals surface area contributed by atoms with E-state index in [1.807, 2.05) is 0 Å². The van der Waals surface area contributed by atoms with Gasteiger partial charge in [-0.3, -0.25) is 9.69 Å². The average Bonchev–Trinajstić information content (AvgIpc) is 2.94. The number of phenolic OH excluding ortho intramolecular Hbond substituents is 1. The standard InChI is InChI=1S/C20H19NO6/c1-3-27-20(25)16-17(12-9-10-14(22)15(11-12)26-2)21(19(24)18(16)23)13-7-5-4-6-8-13/h4-11,17,22-23H,3H2,1-2H3. The molecular formula is C20H19NO6. The highest BCUT2D eigenvalue weighted by Gasteiger charge is 2.45. The van der Waals surface area contributed by atoms with Crippen molar-refractivity contribution >= 4 is 17.6 Å². The highest BCUT2D eigenvalue weighted by molar-refractivity contribution is 6.15. The van der Waals surface area contributed by atoms with Crippen molar-refractivity contribution in [3.05, 3.63) is 65.4 Å². The van der Waals surface area contributed by atoms with E-state index in [9.17, 15) is 19.8 Å². The van der Waals surface area contributed by atoms with Gasteiger partial charge in [0.05, 0.1) is 19.8 Å². The van der Waals surface area contributed by atoms with Crippen LogP contribution in [0.4, 0.5) is 5.69 Å². The number of para-hydroxylation sites is 1. The Balaban J connectivity index is 2.18. The molecule has 140 valence electrons. The molecule has 2 aromatic rings. The molecular weight excluding hydrogens is 350 g/mol. The lowest BCUT2D eigenvalue weighted by atomic mass is 9.98. The molecule has 27 heavy (non-hydrogen) atoms. The Morgan fingerprint density at radius 2 is 1.85 bits per heavy atom. The smallest absolute Gasteiger partial charge is 0.340 e. The highest BCUT2D eigenvalue weighted by Crippen LogP contribution is 2.42. The number of hydrogen-bond acceptors (Lipinski definition) is 6. The van der Waals surface area contributed by atoms with Gasteiger partial charge in [-0.1, -0.05) is 24.3 Å². The van der Waals surface area contributed by atoms with Crippen LogP contribution in [0, 0.1) is 0 Å². The fourth-order valence-electron chi connectivity index (χ4n) is 3.06. The molecule has 0 aromatic heterocycles. The molecule has 1 aliphatic rings. The molecule has 1 atom stereocenters. The predicted molar refractivity (Wildman–Crippen MR) is 97.6 cm³/mol. The number of aliphatic hydroxyl groups excluding tert-OH is 1. The first-order valence-corrected chi connectivity index (χ1v) is 8.35. The number of amides is 1. The molecule has 0 radical (unpaired) electrons. The van der Waals surface area contributed by atoms with Crippen molar-refractivity contribution in [1.29, 1.82) is 0 Å². The van der Waals surface area contributed by atoms with E-state index in [1.54, 1.807) is 43.3 Å². The first-order valence-electron chi connectivity index (χ1n) is 8.35. The number of aliphatic hydroxyl groups is 1. The number of ether oxygens (including phenoxy) is 2. The molecule has 7 heteroatoms. The van der Waals surface area contributed by atoms with E-state index in [2.05, 4.69) is 0 Å². The molecule has 1 unspecified atom stereocenters. The first kappa shape index (κ1) is 18.3. The van der Waals surface area contributed by atoms with Gasteiger partial charge in [-0.05, 0) is 36.8 Å². The molecule has 1 aliphatic heterocycles. The van der Waals surface area contributed by atoms with Crippen LogP contribution in [-0.4, -0.2) is 35.8 Å². The Morgan fingerprint density at radius 1 is 1.15 bits per heavy atom. The van der Waals surface area contributed by atoms with Crippen molar-refractivity contribution < 1.29 is 29.3 Å². The van der Waals surface area contributed by atoms with Crippen LogP contribution in [0.3, 0.4) is 0 Å². The van der Waals surface area contributed by atoms with Crippen LogP contribution in [0.15, 0.2) is 59.9 Å². The second kappa shape index (κ2) is 7.41. The van der Waals surface area contributed by atoms with Crippen LogP contribution in [0.1, 0.15) is 18.5 Å². The predicted octanol–water partition coefficient (Wildman–Crippen LogP) is 2.86. The molecule has 0 aliphatic carbocycles. The van der Waals surface area contributed by atoms with E-state index in [0.717, 1.165) is 0 Å². The number of carbonyl (C=O) groups excluding carboxylic acids is 2. The molecule has 0 saturated carbocycles. The van der Waals surface area contributed by atoms with E-state index in [0.29, 0.717) is 11.3 Å². The Morgan fingerprint density at radius 3 is 2.48 bits per heavy atom. The number of rotatable bonds is 5. The number of phenols is 1. The number of hydrogen-bond donors (Lipinski definition) is 2. The first-order chi connectivity index (χ1) is 13.0. The largest absolute Gasteiger partial charge is 0.504 e. The zero-order valence-corrected chi connectivity index (χ0v) is 14.9. The molecule has 0 saturated heterocycles. The maximum atomic E-state index is 12.8. The summed E-state index contributed by atoms with van der Waals surface area (Å²) in [7, 11) is 1.40. The number of carbonyl (C=O) groups is 2. The van der Waals surface area contributed by atoms with Gasteiger partial charge in [0, 0.05) is 5.69 Å². The third kappa shape index (κ3) is 3.19. The van der Waals surface area contributed by atoms with Gasteiger partial charge in [-0.25, -0.2) is 4.79 Å². The van der Waals surface area contributed by atoms with Gasteiger partial charge >= 0.3 is 5.97 Å². The summed E-state index contributed by atoms with van der Waals surface area (Å²) in [4.78, 5) is 26.6. The molecule has 0 fully saturated rings. The Kier molecular flexibility index (Phi) is 5.03. The molecule has 0 spiro atoms. The lowest BCUT2D eigenvalue weighted by Gasteiger charge is -2.27. The second-order valence-corrected chi connectivity index (χ2v) is 5.83. The molecule has 0 bridgehead atoms. The van der Waals surface area contributed by atoms with Gasteiger partial charge < -0.3 is 19.7 Å². The van der Waals surface area contributed by atoms with Crippen LogP contribution in [0.5, 0.6) is 11.5 Å². The van der Waals surface area contributed by atoms with Crippen LogP contribution in [0.25, 0.3) is 0 Å². The summed E-state index contributed by atoms with van der Waals surface area (Å²) in [6.07, 6.45) is 0. The third-order valence-corrected chi connectivity index (χ3v) is 4.26. The Bertz CT molecular complexity index is 906. The van der Waals surface area contributed by atoms with Crippen molar-refractivity contribution in [1.82, 2.24) is 0 Å². The number of benzene rings is 2. The van der Waals surface area contributed by atoms with Crippen LogP contribution < -0.4 is 9.64 Å². The maximum Gasteiger partial charge on any atom is 0.340 e. The summed E-state index contributed by atoms with van der Waals surface area (Å²) in [5, 5.41) is 20.3. The van der Waals surface area contributed by atoms with Crippen molar-refractivity contribution in [2.75, 3.05) is 18.6 Å². The Hall–Kier alpha value is -3.48. The summed E-state index contributed by atoms with van der Waals surface area (Å²) in [6.45, 7) is 1.74. The Labute approximate surface area is 156 Å². The van der Waals surface area contributed by atoms with Gasteiger partial charge in [-0.15, -0.1) is 0 Å². The summed E-state index contributed by atoms with van der Waals surface area (Å²) in [5.74, 6) is -2.04. The van der Waals surface area contributed by atoms with Gasteiger partial charge in [0.2, 0.25) is 0 Å². The molecule has 7 nitrogen and oxygen atoms in total. The SMILES string of the molecule is CCOC(=O)C1=C(O)C(=O)N(c2ccccc2)C1c1ccc(O)c(OC)c1. The van der Waals surface area contributed by atoms with E-state index in [-0.39, 0.29) is 23.7 Å². The zero-order chi connectivity index (χ0) is 19.6. The summed E-state index contributed by atoms with van der Waals surface area (Å²) < 4.78 is 10.2. The van der Waals surface area contributed by atoms with E-state index >= 15 is 0 Å². The van der Waals surface area contributed by atoms with Gasteiger partial charge in [0.15, 0.2) is 17.3 Å². The minimum Gasteiger partial charge on any atom is -0.504 e. The molecule has 1 amide bonds. The summed E-state index contributed by atoms with van der Waals surface area (Å²) in [6, 6.07) is 12.2. The molecule has 2 aromatic carbocycles. The van der Waals surface area contributed by atoms with Crippen LogP contribution in [-0.2, 0) is 14.3 Å². The second-order valence-electron chi connectivity index (χ2n) is 5.83. The van der Waals surface area contributed by atoms with Crippen molar-refractivity contribution in [3.63, 3.8) is 0 Å². The third-order valence-electron chi connectivity index (χ3n) is 4.26. The van der Waals surface area contributed by atoms with Crippen molar-refractivity contribution in [2.45, 2.75) is 13.0 Å². The quantitative estimate of drug-likeness (QED) is 0.787. The highest BCUT2D eigenvalue weighted by atomic mass is 16.5. The van der Waals surface area contributed by atoms with E-state index in [1.165, 1.54) is 24.1 Å². The minimum absolute atomic E-state index is 0.0808. The number of nitrogens with zero attached hydrogens (tertiary/aromatic N) is 1. The van der Waals surface area contributed by atoms with Gasteiger partial charge in [-0.2, -0.15) is 0 Å². The fraction of sp³-hybridized carbons (Fsp3) is 0.200.